The van der Waals surface area contributed by atoms with Gasteiger partial charge in [-0.1, -0.05) is 53.1 Å². The quantitative estimate of drug-likeness (QED) is 0.0826. The molecule has 3 aromatic carbocycles. The predicted molar refractivity (Wildman–Crippen MR) is 178 cm³/mol. The smallest absolute Gasteiger partial charge is 0.338 e. The highest BCUT2D eigenvalue weighted by atomic mass is 32.2. The highest BCUT2D eigenvalue weighted by Crippen LogP contribution is 2.37. The van der Waals surface area contributed by atoms with Crippen LogP contribution < -0.4 is 0 Å². The molecule has 0 amide bonds. The van der Waals surface area contributed by atoms with Crippen molar-refractivity contribution in [3.63, 3.8) is 0 Å². The molecule has 3 heterocycles. The fourth-order valence-corrected chi connectivity index (χ4v) is 5.87. The molecule has 6 rings (SSSR count). The molecule has 49 heavy (non-hydrogen) atoms. The molecule has 4 unspecified atom stereocenters. The number of imidazole rings is 1. The lowest BCUT2D eigenvalue weighted by Gasteiger charge is -2.25. The Morgan fingerprint density at radius 2 is 1.22 bits per heavy atom. The summed E-state index contributed by atoms with van der Waals surface area (Å²) in [7, 11) is 0. The van der Waals surface area contributed by atoms with Gasteiger partial charge in [0.25, 0.3) is 0 Å². The summed E-state index contributed by atoms with van der Waals surface area (Å²) in [4.78, 5) is 65.1. The van der Waals surface area contributed by atoms with Gasteiger partial charge < -0.3 is 18.9 Å². The van der Waals surface area contributed by atoms with Gasteiger partial charge in [0, 0.05) is 6.92 Å². The summed E-state index contributed by atoms with van der Waals surface area (Å²) in [6, 6.07) is 20.5. The van der Waals surface area contributed by atoms with Crippen molar-refractivity contribution in [1.82, 2.24) is 19.5 Å². The molecule has 5 aromatic rings. The van der Waals surface area contributed by atoms with Crippen molar-refractivity contribution in [2.45, 2.75) is 57.3 Å². The molecule has 0 bridgehead atoms. The van der Waals surface area contributed by atoms with E-state index in [4.69, 9.17) is 18.9 Å². The van der Waals surface area contributed by atoms with Gasteiger partial charge in [-0.05, 0) is 68.9 Å². The van der Waals surface area contributed by atoms with Gasteiger partial charge >= 0.3 is 17.9 Å². The van der Waals surface area contributed by atoms with Crippen LogP contribution in [0.2, 0.25) is 0 Å². The van der Waals surface area contributed by atoms with Crippen LogP contribution in [0.1, 0.15) is 60.9 Å². The lowest BCUT2D eigenvalue weighted by atomic mass is 10.1. The van der Waals surface area contributed by atoms with E-state index in [1.54, 1.807) is 72.8 Å². The van der Waals surface area contributed by atoms with Crippen LogP contribution in [-0.4, -0.2) is 67.5 Å². The number of nitrogens with zero attached hydrogens (tertiary/aromatic N) is 4. The minimum absolute atomic E-state index is 0.199. The molecule has 0 radical (unpaired) electrons. The van der Waals surface area contributed by atoms with E-state index in [2.05, 4.69) is 15.0 Å². The molecule has 4 atom stereocenters. The van der Waals surface area contributed by atoms with Gasteiger partial charge in [0.15, 0.2) is 29.2 Å². The summed E-state index contributed by atoms with van der Waals surface area (Å²) < 4.78 is 25.7. The highest BCUT2D eigenvalue weighted by Gasteiger charge is 2.52. The van der Waals surface area contributed by atoms with Crippen molar-refractivity contribution < 1.29 is 38.1 Å². The zero-order valence-electron chi connectivity index (χ0n) is 27.1. The van der Waals surface area contributed by atoms with Crippen LogP contribution >= 0.6 is 11.8 Å². The number of aromatic nitrogens is 4. The van der Waals surface area contributed by atoms with E-state index in [0.29, 0.717) is 16.1 Å². The van der Waals surface area contributed by atoms with Crippen molar-refractivity contribution >= 4 is 45.9 Å². The van der Waals surface area contributed by atoms with Crippen molar-refractivity contribution in [1.29, 1.82) is 0 Å². The van der Waals surface area contributed by atoms with Crippen LogP contribution in [0.25, 0.3) is 11.2 Å². The maximum absolute atomic E-state index is 13.6. The van der Waals surface area contributed by atoms with E-state index in [1.807, 2.05) is 20.8 Å². The Balaban J connectivity index is 1.39. The van der Waals surface area contributed by atoms with Crippen LogP contribution in [0.3, 0.4) is 0 Å². The largest absolute Gasteiger partial charge is 0.459 e. The molecule has 250 valence electrons. The Bertz CT molecular complexity index is 2010. The summed E-state index contributed by atoms with van der Waals surface area (Å²) in [5.74, 6) is -2.01. The first kappa shape index (κ1) is 33.5. The number of rotatable bonds is 9. The molecular weight excluding hydrogens is 648 g/mol. The van der Waals surface area contributed by atoms with E-state index in [0.717, 1.165) is 28.5 Å². The summed E-state index contributed by atoms with van der Waals surface area (Å²) in [5.41, 5.74) is 4.31. The number of benzene rings is 3. The Morgan fingerprint density at radius 3 is 1.76 bits per heavy atom. The van der Waals surface area contributed by atoms with Crippen molar-refractivity contribution in [3.8, 4) is 0 Å². The van der Waals surface area contributed by atoms with Gasteiger partial charge in [0.2, 0.25) is 0 Å². The maximum Gasteiger partial charge on any atom is 0.338 e. The first-order chi connectivity index (χ1) is 23.6. The average molecular weight is 681 g/mol. The number of carbonyl (C=O) groups excluding carboxylic acids is 4. The van der Waals surface area contributed by atoms with Crippen LogP contribution in [0.5, 0.6) is 0 Å². The van der Waals surface area contributed by atoms with E-state index in [9.17, 15) is 19.2 Å². The Labute approximate surface area is 285 Å². The van der Waals surface area contributed by atoms with Gasteiger partial charge in [0.05, 0.1) is 23.0 Å². The van der Waals surface area contributed by atoms with E-state index < -0.39 is 42.4 Å². The molecule has 1 aliphatic rings. The summed E-state index contributed by atoms with van der Waals surface area (Å²) >= 11 is 0.893. The number of thioether (sulfide) groups is 1. The van der Waals surface area contributed by atoms with Crippen molar-refractivity contribution in [2.24, 2.45) is 0 Å². The molecule has 0 spiro atoms. The normalized spacial score (nSPS) is 18.6. The first-order valence-electron chi connectivity index (χ1n) is 15.4. The van der Waals surface area contributed by atoms with Gasteiger partial charge in [-0.3, -0.25) is 9.36 Å². The lowest BCUT2D eigenvalue weighted by molar-refractivity contribution is -0.109. The fraction of sp³-hybridized carbons (Fsp3) is 0.250. The second kappa shape index (κ2) is 14.4. The average Bonchev–Trinajstić information content (AvgIpc) is 3.66. The van der Waals surface area contributed by atoms with Crippen LogP contribution in [-0.2, 0) is 23.7 Å². The minimum Gasteiger partial charge on any atom is -0.459 e. The Kier molecular flexibility index (Phi) is 9.83. The van der Waals surface area contributed by atoms with Crippen molar-refractivity contribution in [2.75, 3.05) is 6.61 Å². The monoisotopic (exact) mass is 680 g/mol. The Morgan fingerprint density at radius 1 is 0.714 bits per heavy atom. The van der Waals surface area contributed by atoms with Gasteiger partial charge in [-0.15, -0.1) is 0 Å². The first-order valence-corrected chi connectivity index (χ1v) is 16.2. The summed E-state index contributed by atoms with van der Waals surface area (Å²) in [6.45, 7) is 6.75. The zero-order valence-corrected chi connectivity index (χ0v) is 27.9. The number of esters is 3. The summed E-state index contributed by atoms with van der Waals surface area (Å²) in [5, 5.41) is 0.128. The molecular formula is C36H32N4O8S. The number of aryl methyl sites for hydroxylation is 3. The third kappa shape index (κ3) is 7.53. The number of hydrogen-bond acceptors (Lipinski definition) is 12. The van der Waals surface area contributed by atoms with E-state index in [-0.39, 0.29) is 28.5 Å². The van der Waals surface area contributed by atoms with Crippen LogP contribution in [0, 0.1) is 20.8 Å². The zero-order chi connectivity index (χ0) is 34.7. The molecule has 1 aliphatic heterocycles. The number of ether oxygens (including phenoxy) is 4. The topological polar surface area (TPSA) is 149 Å². The Hall–Kier alpha value is -5.40. The second-order valence-electron chi connectivity index (χ2n) is 11.6. The molecule has 2 aromatic heterocycles. The summed E-state index contributed by atoms with van der Waals surface area (Å²) in [6.07, 6.45) is -2.05. The SMILES string of the molecule is CC(=O)Sc1ncnc2c1ncn2C1OC(COC(=O)c2ccc(C)cc2)C(OC(=O)c2ccc(C)cc2)C1OC(=O)c1ccc(C)cc1. The van der Waals surface area contributed by atoms with E-state index >= 15 is 0 Å². The molecule has 0 N–H and O–H groups in total. The highest BCUT2D eigenvalue weighted by molar-refractivity contribution is 8.13. The van der Waals surface area contributed by atoms with Gasteiger partial charge in [0.1, 0.15) is 29.6 Å². The van der Waals surface area contributed by atoms with Gasteiger partial charge in [-0.25, -0.2) is 29.3 Å². The molecule has 12 nitrogen and oxygen atoms in total. The molecule has 0 aliphatic carbocycles. The molecule has 13 heteroatoms. The lowest BCUT2D eigenvalue weighted by Crippen LogP contribution is -2.41. The molecule has 1 fully saturated rings. The number of fused-ring (bicyclic) bond motifs is 1. The standard InChI is InChI=1S/C36H32N4O8S/c1-20-5-11-24(12-6-20)34(42)45-17-27-29(47-35(43)25-13-7-21(2)8-14-25)30(48-36(44)26-15-9-22(3)10-16-26)33(46-27)40-19-39-28-31(40)37-18-38-32(28)49-23(4)41/h5-16,18-19,27,29-30,33H,17H2,1-4H3. The fourth-order valence-electron chi connectivity index (χ4n) is 5.25. The third-order valence-corrected chi connectivity index (χ3v) is 8.63. The third-order valence-electron chi connectivity index (χ3n) is 7.85. The molecule has 1 saturated heterocycles. The number of carbonyl (C=O) groups is 4. The minimum atomic E-state index is -1.26. The predicted octanol–water partition coefficient (Wildman–Crippen LogP) is 5.60. The van der Waals surface area contributed by atoms with Crippen molar-refractivity contribution in [3.05, 3.63) is 119 Å². The second-order valence-corrected chi connectivity index (χ2v) is 12.8. The van der Waals surface area contributed by atoms with Gasteiger partial charge in [-0.2, -0.15) is 0 Å². The number of hydrogen-bond donors (Lipinski definition) is 0. The van der Waals surface area contributed by atoms with E-state index in [1.165, 1.54) is 24.1 Å². The van der Waals surface area contributed by atoms with Crippen LogP contribution in [0.15, 0.2) is 90.5 Å². The molecule has 0 saturated carbocycles. The van der Waals surface area contributed by atoms with Crippen LogP contribution in [0.4, 0.5) is 0 Å². The maximum atomic E-state index is 13.6.